The minimum atomic E-state index is -1.22. The van der Waals surface area contributed by atoms with E-state index in [1.807, 2.05) is 24.3 Å². The fourth-order valence-electron chi connectivity index (χ4n) is 3.59. The predicted molar refractivity (Wildman–Crippen MR) is 132 cm³/mol. The number of carboxylic acid groups (broad SMARTS) is 1. The number of nitrogens with two attached hydrogens (primary N) is 2. The number of aliphatic carboxylic acids is 1. The zero-order valence-corrected chi connectivity index (χ0v) is 20.5. The van der Waals surface area contributed by atoms with Crippen LogP contribution in [0.4, 0.5) is 0 Å². The van der Waals surface area contributed by atoms with Crippen LogP contribution in [0.15, 0.2) is 30.5 Å². The molecule has 12 heteroatoms. The number of carbonyl (C=O) groups excluding carboxylic acids is 4. The lowest BCUT2D eigenvalue weighted by molar-refractivity contribution is -0.141. The number of H-pyrrole nitrogens is 1. The Morgan fingerprint density at radius 3 is 2.25 bits per heavy atom. The summed E-state index contributed by atoms with van der Waals surface area (Å²) in [5.41, 5.74) is 12.5. The summed E-state index contributed by atoms with van der Waals surface area (Å²) in [7, 11) is 0. The monoisotopic (exact) mass is 502 g/mol. The third kappa shape index (κ3) is 7.80. The van der Waals surface area contributed by atoms with Crippen LogP contribution in [0.5, 0.6) is 0 Å². The average molecular weight is 503 g/mol. The van der Waals surface area contributed by atoms with Crippen molar-refractivity contribution in [3.8, 4) is 0 Å². The molecular formula is C24H34N6O6. The zero-order chi connectivity index (χ0) is 27.0. The van der Waals surface area contributed by atoms with Gasteiger partial charge in [-0.2, -0.15) is 0 Å². The Hall–Kier alpha value is -3.93. The average Bonchev–Trinajstić information content (AvgIpc) is 3.22. The zero-order valence-electron chi connectivity index (χ0n) is 20.5. The number of fused-ring (bicyclic) bond motifs is 1. The van der Waals surface area contributed by atoms with Crippen molar-refractivity contribution >= 4 is 40.5 Å². The van der Waals surface area contributed by atoms with Gasteiger partial charge < -0.3 is 37.5 Å². The van der Waals surface area contributed by atoms with Crippen molar-refractivity contribution in [2.75, 3.05) is 0 Å². The molecule has 0 aliphatic rings. The largest absolute Gasteiger partial charge is 0.480 e. The molecule has 0 bridgehead atoms. The molecular weight excluding hydrogens is 468 g/mol. The van der Waals surface area contributed by atoms with Gasteiger partial charge in [0.05, 0.1) is 6.04 Å². The Kier molecular flexibility index (Phi) is 9.97. The minimum Gasteiger partial charge on any atom is -0.480 e. The Labute approximate surface area is 208 Å². The molecule has 196 valence electrons. The Bertz CT molecular complexity index is 1110. The van der Waals surface area contributed by atoms with Gasteiger partial charge in [0, 0.05) is 29.9 Å². The molecule has 4 unspecified atom stereocenters. The van der Waals surface area contributed by atoms with Crippen molar-refractivity contribution in [3.05, 3.63) is 36.0 Å². The number of nitrogens with one attached hydrogen (secondary N) is 4. The molecule has 36 heavy (non-hydrogen) atoms. The Morgan fingerprint density at radius 1 is 0.972 bits per heavy atom. The molecule has 0 spiro atoms. The van der Waals surface area contributed by atoms with Gasteiger partial charge in [0.15, 0.2) is 0 Å². The Morgan fingerprint density at radius 2 is 1.64 bits per heavy atom. The van der Waals surface area contributed by atoms with Crippen molar-refractivity contribution in [2.24, 2.45) is 17.4 Å². The number of rotatable bonds is 13. The number of carboxylic acids is 1. The third-order valence-corrected chi connectivity index (χ3v) is 5.75. The summed E-state index contributed by atoms with van der Waals surface area (Å²) in [5, 5.41) is 17.6. The smallest absolute Gasteiger partial charge is 0.325 e. The van der Waals surface area contributed by atoms with Crippen molar-refractivity contribution in [2.45, 2.75) is 64.2 Å². The van der Waals surface area contributed by atoms with E-state index in [-0.39, 0.29) is 25.2 Å². The topological polar surface area (TPSA) is 210 Å². The number of benzene rings is 1. The molecule has 0 radical (unpaired) electrons. The van der Waals surface area contributed by atoms with E-state index in [2.05, 4.69) is 20.9 Å². The van der Waals surface area contributed by atoms with Gasteiger partial charge in [-0.15, -0.1) is 0 Å². The summed E-state index contributed by atoms with van der Waals surface area (Å²) in [6.07, 6.45) is 1.73. The van der Waals surface area contributed by atoms with Crippen LogP contribution in [0.2, 0.25) is 0 Å². The number of aromatic amines is 1. The summed E-state index contributed by atoms with van der Waals surface area (Å²) < 4.78 is 0. The van der Waals surface area contributed by atoms with E-state index >= 15 is 0 Å². The number of hydrogen-bond acceptors (Lipinski definition) is 6. The number of para-hydroxylation sites is 1. The van der Waals surface area contributed by atoms with E-state index in [0.717, 1.165) is 16.5 Å². The quantitative estimate of drug-likeness (QED) is 0.191. The summed E-state index contributed by atoms with van der Waals surface area (Å²) in [4.78, 5) is 64.0. The highest BCUT2D eigenvalue weighted by Crippen LogP contribution is 2.19. The summed E-state index contributed by atoms with van der Waals surface area (Å²) in [6.45, 7) is 4.73. The van der Waals surface area contributed by atoms with E-state index in [9.17, 15) is 29.1 Å². The first-order valence-corrected chi connectivity index (χ1v) is 11.6. The van der Waals surface area contributed by atoms with Crippen LogP contribution < -0.4 is 27.4 Å². The molecule has 0 fully saturated rings. The van der Waals surface area contributed by atoms with Crippen LogP contribution in [0.1, 0.15) is 39.2 Å². The van der Waals surface area contributed by atoms with E-state index in [0.29, 0.717) is 0 Å². The maximum Gasteiger partial charge on any atom is 0.325 e. The van der Waals surface area contributed by atoms with Crippen LogP contribution in [-0.4, -0.2) is 63.9 Å². The lowest BCUT2D eigenvalue weighted by atomic mass is 10.00. The van der Waals surface area contributed by atoms with E-state index < -0.39 is 53.8 Å². The van der Waals surface area contributed by atoms with Gasteiger partial charge in [-0.3, -0.25) is 24.0 Å². The predicted octanol–water partition coefficient (Wildman–Crippen LogP) is -0.482. The highest BCUT2D eigenvalue weighted by atomic mass is 16.4. The molecule has 2 rings (SSSR count). The second-order valence-corrected chi connectivity index (χ2v) is 9.04. The van der Waals surface area contributed by atoms with Crippen LogP contribution >= 0.6 is 0 Å². The molecule has 0 saturated heterocycles. The molecule has 0 aliphatic heterocycles. The van der Waals surface area contributed by atoms with Gasteiger partial charge in [0.1, 0.15) is 18.1 Å². The highest BCUT2D eigenvalue weighted by Gasteiger charge is 2.31. The van der Waals surface area contributed by atoms with Crippen LogP contribution in [0.25, 0.3) is 10.9 Å². The van der Waals surface area contributed by atoms with Crippen LogP contribution in [0.3, 0.4) is 0 Å². The number of carbonyl (C=O) groups is 5. The molecule has 12 nitrogen and oxygen atoms in total. The van der Waals surface area contributed by atoms with Crippen molar-refractivity contribution < 1.29 is 29.1 Å². The molecule has 1 heterocycles. The minimum absolute atomic E-state index is 0.0201. The van der Waals surface area contributed by atoms with Gasteiger partial charge in [-0.05, 0) is 30.9 Å². The van der Waals surface area contributed by atoms with Gasteiger partial charge in [-0.25, -0.2) is 0 Å². The van der Waals surface area contributed by atoms with Gasteiger partial charge in [0.2, 0.25) is 23.6 Å². The molecule has 0 saturated carbocycles. The molecule has 4 atom stereocenters. The number of primary amides is 1. The normalized spacial score (nSPS) is 14.5. The van der Waals surface area contributed by atoms with Crippen LogP contribution in [0, 0.1) is 5.92 Å². The number of amides is 4. The maximum absolute atomic E-state index is 13.2. The molecule has 1 aromatic heterocycles. The standard InChI is InChI=1S/C24H34N6O6/c1-12(2)20(30-21(32)16(25)8-9-19(26)31)23(34)29-18(22(33)28-13(3)24(35)36)10-14-11-27-17-7-5-4-6-15(14)17/h4-7,11-13,16,18,20,27H,8-10,25H2,1-3H3,(H2,26,31)(H,28,33)(H,29,34)(H,30,32)(H,35,36). The SMILES string of the molecule is CC(NC(=O)C(Cc1c[nH]c2ccccc12)NC(=O)C(NC(=O)C(N)CCC(N)=O)C(C)C)C(=O)O. The first-order chi connectivity index (χ1) is 16.9. The summed E-state index contributed by atoms with van der Waals surface area (Å²) in [6, 6.07) is 3.04. The van der Waals surface area contributed by atoms with E-state index in [4.69, 9.17) is 11.5 Å². The van der Waals surface area contributed by atoms with Crippen LogP contribution in [-0.2, 0) is 30.4 Å². The second kappa shape index (κ2) is 12.7. The lowest BCUT2D eigenvalue weighted by Crippen LogP contribution is -2.58. The van der Waals surface area contributed by atoms with Gasteiger partial charge in [-0.1, -0.05) is 32.0 Å². The molecule has 9 N–H and O–H groups in total. The maximum atomic E-state index is 13.2. The third-order valence-electron chi connectivity index (χ3n) is 5.75. The fourth-order valence-corrected chi connectivity index (χ4v) is 3.59. The first-order valence-electron chi connectivity index (χ1n) is 11.6. The number of hydrogen-bond donors (Lipinski definition) is 7. The van der Waals surface area contributed by atoms with Crippen molar-refractivity contribution in [3.63, 3.8) is 0 Å². The van der Waals surface area contributed by atoms with Gasteiger partial charge >= 0.3 is 5.97 Å². The van der Waals surface area contributed by atoms with E-state index in [1.54, 1.807) is 20.0 Å². The molecule has 1 aromatic carbocycles. The van der Waals surface area contributed by atoms with Crippen molar-refractivity contribution in [1.82, 2.24) is 20.9 Å². The Balaban J connectivity index is 2.23. The van der Waals surface area contributed by atoms with Gasteiger partial charge in [0.25, 0.3) is 0 Å². The van der Waals surface area contributed by atoms with Crippen molar-refractivity contribution in [1.29, 1.82) is 0 Å². The summed E-state index contributed by atoms with van der Waals surface area (Å²) in [5.74, 6) is -4.15. The molecule has 2 aromatic rings. The summed E-state index contributed by atoms with van der Waals surface area (Å²) >= 11 is 0. The second-order valence-electron chi connectivity index (χ2n) is 9.04. The first kappa shape index (κ1) is 28.3. The van der Waals surface area contributed by atoms with E-state index in [1.165, 1.54) is 6.92 Å². The lowest BCUT2D eigenvalue weighted by Gasteiger charge is -2.26. The number of aromatic nitrogens is 1. The fraction of sp³-hybridized carbons (Fsp3) is 0.458. The highest BCUT2D eigenvalue weighted by molar-refractivity contribution is 5.95. The molecule has 4 amide bonds. The molecule has 0 aliphatic carbocycles.